The van der Waals surface area contributed by atoms with Crippen molar-refractivity contribution in [3.63, 3.8) is 0 Å². The predicted molar refractivity (Wildman–Crippen MR) is 73.4 cm³/mol. The highest BCUT2D eigenvalue weighted by molar-refractivity contribution is 7.98. The Kier molecular flexibility index (Phi) is 4.74. The summed E-state index contributed by atoms with van der Waals surface area (Å²) in [4.78, 5) is 16.8. The van der Waals surface area contributed by atoms with Crippen LogP contribution >= 0.6 is 11.8 Å². The fourth-order valence-corrected chi connectivity index (χ4v) is 3.64. The molecule has 0 aromatic heterocycles. The first-order valence-electron chi connectivity index (χ1n) is 6.72. The van der Waals surface area contributed by atoms with Gasteiger partial charge in [-0.2, -0.15) is 11.8 Å². The van der Waals surface area contributed by atoms with Gasteiger partial charge in [0.2, 0.25) is 5.91 Å². The highest BCUT2D eigenvalue weighted by Gasteiger charge is 2.37. The van der Waals surface area contributed by atoms with Gasteiger partial charge in [-0.15, -0.1) is 0 Å². The van der Waals surface area contributed by atoms with E-state index >= 15 is 0 Å². The van der Waals surface area contributed by atoms with Crippen LogP contribution in [0.5, 0.6) is 0 Å². The Hall–Kier alpha value is -0.220. The normalized spacial score (nSPS) is 30.1. The Morgan fingerprint density at radius 1 is 1.24 bits per heavy atom. The molecule has 2 fully saturated rings. The average molecular weight is 256 g/mol. The van der Waals surface area contributed by atoms with Crippen LogP contribution in [0.1, 0.15) is 32.1 Å². The summed E-state index contributed by atoms with van der Waals surface area (Å²) in [6.07, 6.45) is 7.76. The molecule has 0 saturated carbocycles. The lowest BCUT2D eigenvalue weighted by Gasteiger charge is -2.33. The maximum Gasteiger partial charge on any atom is 0.223 e. The van der Waals surface area contributed by atoms with Gasteiger partial charge in [-0.3, -0.25) is 4.79 Å². The third-order valence-corrected chi connectivity index (χ3v) is 4.77. The molecular formula is C13H24N2OS. The standard InChI is InChI=1S/C13H24N2OS/c1-14-8-3-5-11(14)12-6-4-9-15(12)13(16)7-10-17-2/h11-12H,3-10H2,1-2H3/t11-,12-/m1/s1. The number of amides is 1. The summed E-state index contributed by atoms with van der Waals surface area (Å²) in [5.74, 6) is 1.34. The van der Waals surface area contributed by atoms with Gasteiger partial charge in [0, 0.05) is 30.8 Å². The second-order valence-electron chi connectivity index (χ2n) is 5.23. The zero-order valence-electron chi connectivity index (χ0n) is 11.0. The quantitative estimate of drug-likeness (QED) is 0.766. The molecule has 2 atom stereocenters. The van der Waals surface area contributed by atoms with E-state index in [1.165, 1.54) is 32.2 Å². The maximum atomic E-state index is 12.2. The lowest BCUT2D eigenvalue weighted by molar-refractivity contribution is -0.132. The number of rotatable bonds is 4. The molecule has 3 nitrogen and oxygen atoms in total. The predicted octanol–water partition coefficient (Wildman–Crippen LogP) is 1.82. The fraction of sp³-hybridized carbons (Fsp3) is 0.923. The maximum absolute atomic E-state index is 12.2. The van der Waals surface area contributed by atoms with Crippen molar-refractivity contribution in [3.05, 3.63) is 0 Å². The van der Waals surface area contributed by atoms with Crippen LogP contribution in [0, 0.1) is 0 Å². The zero-order chi connectivity index (χ0) is 12.3. The summed E-state index contributed by atoms with van der Waals surface area (Å²) in [5, 5.41) is 0. The molecule has 0 N–H and O–H groups in total. The van der Waals surface area contributed by atoms with Crippen molar-refractivity contribution < 1.29 is 4.79 Å². The summed E-state index contributed by atoms with van der Waals surface area (Å²) in [7, 11) is 2.21. The summed E-state index contributed by atoms with van der Waals surface area (Å²) in [6, 6.07) is 1.12. The number of carbonyl (C=O) groups excluding carboxylic acids is 1. The number of hydrogen-bond donors (Lipinski definition) is 0. The van der Waals surface area contributed by atoms with Crippen molar-refractivity contribution in [1.29, 1.82) is 0 Å². The van der Waals surface area contributed by atoms with E-state index < -0.39 is 0 Å². The molecule has 0 unspecified atom stereocenters. The van der Waals surface area contributed by atoms with Crippen molar-refractivity contribution in [2.75, 3.05) is 32.1 Å². The van der Waals surface area contributed by atoms with Crippen molar-refractivity contribution >= 4 is 17.7 Å². The molecule has 17 heavy (non-hydrogen) atoms. The molecule has 98 valence electrons. The summed E-state index contributed by atoms with van der Waals surface area (Å²) < 4.78 is 0. The zero-order valence-corrected chi connectivity index (χ0v) is 11.8. The number of thioether (sulfide) groups is 1. The van der Waals surface area contributed by atoms with Gasteiger partial charge in [0.1, 0.15) is 0 Å². The molecule has 1 amide bonds. The highest BCUT2D eigenvalue weighted by Crippen LogP contribution is 2.29. The number of hydrogen-bond acceptors (Lipinski definition) is 3. The minimum absolute atomic E-state index is 0.377. The van der Waals surface area contributed by atoms with Gasteiger partial charge in [-0.25, -0.2) is 0 Å². The Morgan fingerprint density at radius 3 is 2.59 bits per heavy atom. The van der Waals surface area contributed by atoms with Crippen molar-refractivity contribution in [1.82, 2.24) is 9.80 Å². The molecule has 2 aliphatic heterocycles. The molecule has 0 aromatic carbocycles. The van der Waals surface area contributed by atoms with E-state index in [0.717, 1.165) is 12.3 Å². The Bertz CT molecular complexity index is 272. The van der Waals surface area contributed by atoms with Crippen LogP contribution in [0.2, 0.25) is 0 Å². The third kappa shape index (κ3) is 2.97. The number of carbonyl (C=O) groups is 1. The van der Waals surface area contributed by atoms with E-state index in [0.29, 0.717) is 24.4 Å². The molecule has 0 aromatic rings. The van der Waals surface area contributed by atoms with Crippen molar-refractivity contribution in [3.8, 4) is 0 Å². The van der Waals surface area contributed by atoms with Gasteiger partial charge >= 0.3 is 0 Å². The smallest absolute Gasteiger partial charge is 0.223 e. The van der Waals surface area contributed by atoms with Crippen LogP contribution in [-0.4, -0.2) is 59.9 Å². The van der Waals surface area contributed by atoms with Crippen LogP contribution < -0.4 is 0 Å². The van der Waals surface area contributed by atoms with E-state index in [-0.39, 0.29) is 0 Å². The molecule has 0 spiro atoms. The lowest BCUT2D eigenvalue weighted by Crippen LogP contribution is -2.47. The van der Waals surface area contributed by atoms with Gasteiger partial charge in [-0.05, 0) is 45.5 Å². The fourth-order valence-electron chi connectivity index (χ4n) is 3.26. The third-order valence-electron chi connectivity index (χ3n) is 4.16. The molecule has 0 radical (unpaired) electrons. The summed E-state index contributed by atoms with van der Waals surface area (Å²) in [5.41, 5.74) is 0. The molecule has 2 heterocycles. The Balaban J connectivity index is 1.94. The van der Waals surface area contributed by atoms with Gasteiger partial charge in [0.15, 0.2) is 0 Å². The molecule has 2 saturated heterocycles. The second-order valence-corrected chi connectivity index (χ2v) is 6.22. The van der Waals surface area contributed by atoms with Gasteiger partial charge < -0.3 is 9.80 Å². The SMILES string of the molecule is CSCCC(=O)N1CCC[C@@H]1[C@H]1CCCN1C. The molecule has 0 bridgehead atoms. The largest absolute Gasteiger partial charge is 0.338 e. The average Bonchev–Trinajstić information content (AvgIpc) is 2.93. The Morgan fingerprint density at radius 2 is 1.94 bits per heavy atom. The van der Waals surface area contributed by atoms with Gasteiger partial charge in [0.25, 0.3) is 0 Å². The first kappa shape index (κ1) is 13.2. The highest BCUT2D eigenvalue weighted by atomic mass is 32.2. The number of nitrogens with zero attached hydrogens (tertiary/aromatic N) is 2. The first-order chi connectivity index (χ1) is 8.24. The minimum Gasteiger partial charge on any atom is -0.338 e. The summed E-state index contributed by atoms with van der Waals surface area (Å²) >= 11 is 1.76. The van der Waals surface area contributed by atoms with E-state index in [9.17, 15) is 4.79 Å². The first-order valence-corrected chi connectivity index (χ1v) is 8.12. The van der Waals surface area contributed by atoms with Crippen molar-refractivity contribution in [2.24, 2.45) is 0 Å². The summed E-state index contributed by atoms with van der Waals surface area (Å²) in [6.45, 7) is 2.19. The van der Waals surface area contributed by atoms with Crippen LogP contribution in [-0.2, 0) is 4.79 Å². The number of likely N-dealkylation sites (N-methyl/N-ethyl adjacent to an activating group) is 1. The van der Waals surface area contributed by atoms with Crippen LogP contribution in [0.25, 0.3) is 0 Å². The van der Waals surface area contributed by atoms with Crippen LogP contribution in [0.4, 0.5) is 0 Å². The van der Waals surface area contributed by atoms with E-state index in [4.69, 9.17) is 0 Å². The molecule has 2 rings (SSSR count). The molecule has 4 heteroatoms. The van der Waals surface area contributed by atoms with E-state index in [2.05, 4.69) is 23.1 Å². The topological polar surface area (TPSA) is 23.6 Å². The van der Waals surface area contributed by atoms with Crippen molar-refractivity contribution in [2.45, 2.75) is 44.2 Å². The molecule has 0 aliphatic carbocycles. The minimum atomic E-state index is 0.377. The number of likely N-dealkylation sites (tertiary alicyclic amines) is 2. The molecule has 2 aliphatic rings. The lowest BCUT2D eigenvalue weighted by atomic mass is 10.0. The van der Waals surface area contributed by atoms with E-state index in [1.54, 1.807) is 11.8 Å². The van der Waals surface area contributed by atoms with Crippen LogP contribution in [0.3, 0.4) is 0 Å². The van der Waals surface area contributed by atoms with E-state index in [1.807, 2.05) is 0 Å². The molecular weight excluding hydrogens is 232 g/mol. The van der Waals surface area contributed by atoms with Gasteiger partial charge in [-0.1, -0.05) is 0 Å². The monoisotopic (exact) mass is 256 g/mol. The second kappa shape index (κ2) is 6.10. The van der Waals surface area contributed by atoms with Gasteiger partial charge in [0.05, 0.1) is 0 Å². The van der Waals surface area contributed by atoms with Crippen LogP contribution in [0.15, 0.2) is 0 Å². The Labute approximate surface area is 109 Å².